The van der Waals surface area contributed by atoms with E-state index in [1.807, 2.05) is 0 Å². The summed E-state index contributed by atoms with van der Waals surface area (Å²) < 4.78 is 9.89. The van der Waals surface area contributed by atoms with Gasteiger partial charge in [0.15, 0.2) is 0 Å². The Balaban J connectivity index is 0. The predicted molar refractivity (Wildman–Crippen MR) is 28.1 cm³/mol. The van der Waals surface area contributed by atoms with Crippen LogP contribution in [0.3, 0.4) is 0 Å². The molecule has 1 aliphatic rings. The zero-order chi connectivity index (χ0) is 4.24. The van der Waals surface area contributed by atoms with Crippen LogP contribution in [0.4, 0.5) is 0 Å². The molecule has 4 heteroatoms. The molecule has 8 heavy (non-hydrogen) atoms. The van der Waals surface area contributed by atoms with Crippen LogP contribution in [0.25, 0.3) is 0 Å². The van der Waals surface area contributed by atoms with Gasteiger partial charge >= 0.3 is 23.1 Å². The maximum absolute atomic E-state index is 4.94. The molecule has 0 atom stereocenters. The number of ether oxygens (including phenoxy) is 2. The van der Waals surface area contributed by atoms with Crippen LogP contribution in [0, 0.1) is 0 Å². The summed E-state index contributed by atoms with van der Waals surface area (Å²) in [5.41, 5.74) is 0. The van der Waals surface area contributed by atoms with E-state index >= 15 is 0 Å². The van der Waals surface area contributed by atoms with E-state index in [1.165, 1.54) is 0 Å². The van der Waals surface area contributed by atoms with Crippen LogP contribution in [0.5, 0.6) is 0 Å². The maximum atomic E-state index is 4.94. The molecule has 1 aliphatic heterocycles. The van der Waals surface area contributed by atoms with E-state index < -0.39 is 0 Å². The van der Waals surface area contributed by atoms with Crippen molar-refractivity contribution in [2.75, 3.05) is 26.4 Å². The van der Waals surface area contributed by atoms with E-state index in [-0.39, 0.29) is 28.5 Å². The van der Waals surface area contributed by atoms with Crippen molar-refractivity contribution in [3.8, 4) is 0 Å². The van der Waals surface area contributed by atoms with Crippen LogP contribution >= 0.6 is 0 Å². The second-order valence-corrected chi connectivity index (χ2v) is 1.22. The molecule has 0 N–H and O–H groups in total. The van der Waals surface area contributed by atoms with Gasteiger partial charge in [0.05, 0.1) is 26.4 Å². The summed E-state index contributed by atoms with van der Waals surface area (Å²) in [6.45, 7) is 3.11. The molecule has 0 aromatic rings. The minimum Gasteiger partial charge on any atom is -2.00 e. The summed E-state index contributed by atoms with van der Waals surface area (Å²) in [5, 5.41) is 0. The summed E-state index contributed by atoms with van der Waals surface area (Å²) in [5.74, 6) is 0. The molecule has 0 radical (unpaired) electrons. The molecule has 3 nitrogen and oxygen atoms in total. The second-order valence-electron chi connectivity index (χ2n) is 1.22. The monoisotopic (exact) mass is 128 g/mol. The Bertz CT molecular complexity index is 26.8. The van der Waals surface area contributed by atoms with Gasteiger partial charge < -0.3 is 14.9 Å². The molecular weight excluding hydrogens is 120 g/mol. The van der Waals surface area contributed by atoms with E-state index in [1.54, 1.807) is 0 Å². The fraction of sp³-hybridized carbons (Fsp3) is 1.00. The Morgan fingerprint density at radius 1 is 0.750 bits per heavy atom. The third-order valence-electron chi connectivity index (χ3n) is 0.744. The molecule has 0 aliphatic carbocycles. The molecule has 1 rings (SSSR count). The average molecular weight is 128 g/mol. The van der Waals surface area contributed by atoms with E-state index in [4.69, 9.17) is 9.47 Å². The SMILES string of the molecule is C1COCCO1.[Mg+2].[O-2]. The van der Waals surface area contributed by atoms with E-state index in [2.05, 4.69) is 0 Å². The van der Waals surface area contributed by atoms with Gasteiger partial charge in [-0.15, -0.1) is 0 Å². The molecule has 1 heterocycles. The van der Waals surface area contributed by atoms with Crippen LogP contribution in [-0.4, -0.2) is 49.5 Å². The zero-order valence-electron chi connectivity index (χ0n) is 4.76. The van der Waals surface area contributed by atoms with Crippen molar-refractivity contribution in [1.82, 2.24) is 0 Å². The summed E-state index contributed by atoms with van der Waals surface area (Å²) in [4.78, 5) is 0. The molecule has 0 bridgehead atoms. The molecule has 1 saturated heterocycles. The maximum Gasteiger partial charge on any atom is 2.00 e. The van der Waals surface area contributed by atoms with Gasteiger partial charge in [0.25, 0.3) is 0 Å². The van der Waals surface area contributed by atoms with E-state index in [9.17, 15) is 0 Å². The van der Waals surface area contributed by atoms with Crippen LogP contribution in [0.15, 0.2) is 0 Å². The second kappa shape index (κ2) is 7.65. The fourth-order valence-corrected chi connectivity index (χ4v) is 0.440. The first-order valence-electron chi connectivity index (χ1n) is 2.15. The first kappa shape index (κ1) is 11.4. The molecule has 1 fully saturated rings. The smallest absolute Gasteiger partial charge is 2.00 e. The van der Waals surface area contributed by atoms with Crippen LogP contribution < -0.4 is 0 Å². The molecule has 0 saturated carbocycles. The average Bonchev–Trinajstić information content (AvgIpc) is 1.72. The molecule has 0 unspecified atom stereocenters. The Kier molecular flexibility index (Phi) is 10.9. The van der Waals surface area contributed by atoms with Crippen LogP contribution in [-0.2, 0) is 14.9 Å². The van der Waals surface area contributed by atoms with Gasteiger partial charge in [0.2, 0.25) is 0 Å². The molecule has 0 aromatic carbocycles. The van der Waals surface area contributed by atoms with E-state index in [0.717, 1.165) is 26.4 Å². The van der Waals surface area contributed by atoms with Gasteiger partial charge in [-0.2, -0.15) is 0 Å². The first-order chi connectivity index (χ1) is 3.00. The Morgan fingerprint density at radius 3 is 1.12 bits per heavy atom. The first-order valence-corrected chi connectivity index (χ1v) is 2.15. The van der Waals surface area contributed by atoms with Gasteiger partial charge in [-0.05, 0) is 0 Å². The van der Waals surface area contributed by atoms with Gasteiger partial charge in [-0.3, -0.25) is 0 Å². The molecule has 0 amide bonds. The molecule has 44 valence electrons. The zero-order valence-corrected chi connectivity index (χ0v) is 6.17. The van der Waals surface area contributed by atoms with Crippen molar-refractivity contribution in [2.45, 2.75) is 0 Å². The molecule has 0 spiro atoms. The minimum atomic E-state index is 0. The third kappa shape index (κ3) is 4.80. The van der Waals surface area contributed by atoms with Crippen molar-refractivity contribution < 1.29 is 14.9 Å². The quantitative estimate of drug-likeness (QED) is 0.414. The van der Waals surface area contributed by atoms with Gasteiger partial charge in [0.1, 0.15) is 0 Å². The van der Waals surface area contributed by atoms with Gasteiger partial charge in [-0.25, -0.2) is 0 Å². The van der Waals surface area contributed by atoms with Gasteiger partial charge in [-0.1, -0.05) is 0 Å². The summed E-state index contributed by atoms with van der Waals surface area (Å²) in [6.07, 6.45) is 0. The molecular formula is C4H8MgO3. The van der Waals surface area contributed by atoms with Crippen molar-refractivity contribution in [1.29, 1.82) is 0 Å². The number of rotatable bonds is 0. The third-order valence-corrected chi connectivity index (χ3v) is 0.744. The Morgan fingerprint density at radius 2 is 1.00 bits per heavy atom. The fourth-order valence-electron chi connectivity index (χ4n) is 0.440. The topological polar surface area (TPSA) is 47.0 Å². The summed E-state index contributed by atoms with van der Waals surface area (Å²) in [6, 6.07) is 0. The molecule has 0 aromatic heterocycles. The van der Waals surface area contributed by atoms with Crippen molar-refractivity contribution >= 4 is 23.1 Å². The predicted octanol–water partition coefficient (Wildman–Crippen LogP) is -0.466. The largest absolute Gasteiger partial charge is 2.00 e. The number of hydrogen-bond donors (Lipinski definition) is 0. The van der Waals surface area contributed by atoms with Crippen LogP contribution in [0.2, 0.25) is 0 Å². The van der Waals surface area contributed by atoms with Crippen LogP contribution in [0.1, 0.15) is 0 Å². The van der Waals surface area contributed by atoms with Crippen molar-refractivity contribution in [3.63, 3.8) is 0 Å². The van der Waals surface area contributed by atoms with E-state index in [0.29, 0.717) is 0 Å². The number of hydrogen-bond acceptors (Lipinski definition) is 2. The Labute approximate surface area is 64.8 Å². The van der Waals surface area contributed by atoms with Gasteiger partial charge in [0, 0.05) is 0 Å². The minimum absolute atomic E-state index is 0. The normalized spacial score (nSPS) is 18.0. The Hall–Kier alpha value is 0.646. The van der Waals surface area contributed by atoms with Crippen molar-refractivity contribution in [2.24, 2.45) is 0 Å². The van der Waals surface area contributed by atoms with Crippen molar-refractivity contribution in [3.05, 3.63) is 0 Å². The summed E-state index contributed by atoms with van der Waals surface area (Å²) >= 11 is 0. The standard InChI is InChI=1S/C4H8O2.Mg.O/c1-2-6-4-3-5-1;;/h1-4H2;;/q;+2;-2. The summed E-state index contributed by atoms with van der Waals surface area (Å²) in [7, 11) is 0.